The van der Waals surface area contributed by atoms with E-state index in [9.17, 15) is 9.18 Å². The van der Waals surface area contributed by atoms with Crippen molar-refractivity contribution < 1.29 is 9.18 Å². The zero-order valence-electron chi connectivity index (χ0n) is 21.9. The first-order valence-corrected chi connectivity index (χ1v) is 12.9. The van der Waals surface area contributed by atoms with Gasteiger partial charge in [0.15, 0.2) is 17.5 Å². The summed E-state index contributed by atoms with van der Waals surface area (Å²) in [5, 5.41) is 17.5. The number of nitrogens with one attached hydrogen (secondary N) is 3. The lowest BCUT2D eigenvalue weighted by Gasteiger charge is -2.33. The first-order chi connectivity index (χ1) is 18.2. The van der Waals surface area contributed by atoms with Gasteiger partial charge in [-0.05, 0) is 57.6 Å². The van der Waals surface area contributed by atoms with E-state index in [4.69, 9.17) is 9.97 Å². The number of aryl methyl sites for hydroxylation is 2. The Bertz CT molecular complexity index is 1410. The summed E-state index contributed by atoms with van der Waals surface area (Å²) in [4.78, 5) is 27.0. The normalized spacial score (nSPS) is 20.2. The Kier molecular flexibility index (Phi) is 7.17. The highest BCUT2D eigenvalue weighted by Gasteiger charge is 2.34. The zero-order chi connectivity index (χ0) is 26.8. The molecule has 1 fully saturated rings. The number of carbonyl (C=O) groups excluding carboxylic acids is 1. The molecule has 0 bridgehead atoms. The highest BCUT2D eigenvalue weighted by Crippen LogP contribution is 2.39. The van der Waals surface area contributed by atoms with Gasteiger partial charge in [0.1, 0.15) is 11.6 Å². The van der Waals surface area contributed by atoms with Gasteiger partial charge in [0.25, 0.3) is 0 Å². The second-order valence-electron chi connectivity index (χ2n) is 10.2. The maximum atomic E-state index is 13.2. The van der Waals surface area contributed by atoms with Crippen molar-refractivity contribution in [2.24, 2.45) is 11.8 Å². The molecule has 1 unspecified atom stereocenters. The number of anilines is 2. The summed E-state index contributed by atoms with van der Waals surface area (Å²) in [6.07, 6.45) is 6.47. The van der Waals surface area contributed by atoms with Crippen molar-refractivity contribution in [1.82, 2.24) is 40.2 Å². The van der Waals surface area contributed by atoms with E-state index < -0.39 is 5.82 Å². The van der Waals surface area contributed by atoms with Gasteiger partial charge in [-0.15, -0.1) is 0 Å². The summed E-state index contributed by atoms with van der Waals surface area (Å²) in [6, 6.07) is 7.27. The third-order valence-electron chi connectivity index (χ3n) is 7.12. The van der Waals surface area contributed by atoms with E-state index in [0.29, 0.717) is 11.6 Å². The Morgan fingerprint density at radius 2 is 2.00 bits per heavy atom. The molecule has 0 aliphatic heterocycles. The van der Waals surface area contributed by atoms with Gasteiger partial charge in [-0.3, -0.25) is 9.89 Å². The van der Waals surface area contributed by atoms with E-state index in [-0.39, 0.29) is 29.7 Å². The summed E-state index contributed by atoms with van der Waals surface area (Å²) < 4.78 is 14.6. The van der Waals surface area contributed by atoms with Crippen LogP contribution in [0.15, 0.2) is 42.9 Å². The van der Waals surface area contributed by atoms with Gasteiger partial charge in [-0.2, -0.15) is 10.2 Å². The molecule has 4 atom stereocenters. The van der Waals surface area contributed by atoms with Crippen LogP contribution in [0.2, 0.25) is 0 Å². The highest BCUT2D eigenvalue weighted by atomic mass is 19.1. The van der Waals surface area contributed by atoms with Crippen molar-refractivity contribution in [2.75, 3.05) is 5.32 Å². The molecule has 1 aliphatic rings. The van der Waals surface area contributed by atoms with Crippen LogP contribution in [-0.4, -0.2) is 40.8 Å². The van der Waals surface area contributed by atoms with E-state index >= 15 is 0 Å². The number of carbonyl (C=O) groups is 1. The average Bonchev–Trinajstić information content (AvgIpc) is 3.51. The monoisotopic (exact) mass is 517 g/mol. The number of hydrogen-bond donors (Lipinski definition) is 3. The smallest absolute Gasteiger partial charge is 0.223 e. The SMILES string of the molecule is Cc1cc(Nc2cc(C)[nH]n2)nc([C@@H]2CC[C@@H](C(=O)N[C@@H](C)c3ccc(-n4cc(F)cn4)nc3)CC2C)n1. The molecule has 0 spiro atoms. The maximum Gasteiger partial charge on any atom is 0.223 e. The summed E-state index contributed by atoms with van der Waals surface area (Å²) in [5.41, 5.74) is 2.73. The van der Waals surface area contributed by atoms with Crippen molar-refractivity contribution in [1.29, 1.82) is 0 Å². The van der Waals surface area contributed by atoms with Crippen LogP contribution < -0.4 is 10.6 Å². The Labute approximate surface area is 220 Å². The molecule has 5 rings (SSSR count). The van der Waals surface area contributed by atoms with Crippen LogP contribution in [-0.2, 0) is 4.79 Å². The largest absolute Gasteiger partial charge is 0.349 e. The minimum Gasteiger partial charge on any atom is -0.349 e. The number of hydrogen-bond acceptors (Lipinski definition) is 7. The first-order valence-electron chi connectivity index (χ1n) is 12.9. The zero-order valence-corrected chi connectivity index (χ0v) is 21.9. The average molecular weight is 518 g/mol. The van der Waals surface area contributed by atoms with E-state index in [2.05, 4.69) is 37.8 Å². The van der Waals surface area contributed by atoms with Crippen LogP contribution >= 0.6 is 0 Å². The molecule has 3 N–H and O–H groups in total. The fourth-order valence-corrected chi connectivity index (χ4v) is 5.08. The third kappa shape index (κ3) is 5.71. The Morgan fingerprint density at radius 3 is 2.66 bits per heavy atom. The topological polar surface area (TPSA) is 126 Å². The number of aromatic amines is 1. The molecule has 4 aromatic rings. The van der Waals surface area contributed by atoms with E-state index in [1.165, 1.54) is 10.9 Å². The number of pyridine rings is 1. The van der Waals surface area contributed by atoms with Gasteiger partial charge >= 0.3 is 0 Å². The lowest BCUT2D eigenvalue weighted by Crippen LogP contribution is -2.37. The standard InChI is InChI=1S/C27H32FN9O/c1-15-9-19(27(38)32-18(4)20-6-8-25(29-12-20)37-14-21(28)13-30-37)5-7-22(15)26-31-16(2)10-23(34-26)33-24-11-17(3)35-36-24/h6,8,10-15,18-19,22H,5,7,9H2,1-4H3,(H,32,38)(H2,31,33,34,35,36)/t15?,18-,19+,22+/m0/s1. The molecular weight excluding hydrogens is 485 g/mol. The lowest BCUT2D eigenvalue weighted by atomic mass is 9.74. The minimum atomic E-state index is -0.421. The van der Waals surface area contributed by atoms with Crippen molar-refractivity contribution in [3.05, 3.63) is 71.4 Å². The summed E-state index contributed by atoms with van der Waals surface area (Å²) in [6.45, 7) is 8.02. The Hall–Kier alpha value is -4.15. The molecule has 0 saturated heterocycles. The highest BCUT2D eigenvalue weighted by molar-refractivity contribution is 5.79. The Morgan fingerprint density at radius 1 is 1.16 bits per heavy atom. The Balaban J connectivity index is 1.19. The predicted molar refractivity (Wildman–Crippen MR) is 140 cm³/mol. The predicted octanol–water partition coefficient (Wildman–Crippen LogP) is 4.68. The lowest BCUT2D eigenvalue weighted by molar-refractivity contribution is -0.127. The molecule has 1 amide bonds. The van der Waals surface area contributed by atoms with Crippen molar-refractivity contribution >= 4 is 17.5 Å². The molecule has 0 radical (unpaired) electrons. The quantitative estimate of drug-likeness (QED) is 0.325. The first kappa shape index (κ1) is 25.5. The van der Waals surface area contributed by atoms with E-state index in [1.807, 2.05) is 39.0 Å². The molecule has 1 saturated carbocycles. The fraction of sp³-hybridized carbons (Fsp3) is 0.407. The maximum absolute atomic E-state index is 13.2. The van der Waals surface area contributed by atoms with Gasteiger partial charge in [0, 0.05) is 41.6 Å². The minimum absolute atomic E-state index is 0.0439. The van der Waals surface area contributed by atoms with Gasteiger partial charge in [-0.25, -0.2) is 24.0 Å². The molecule has 1 aliphatic carbocycles. The van der Waals surface area contributed by atoms with Crippen LogP contribution in [0.3, 0.4) is 0 Å². The molecule has 198 valence electrons. The van der Waals surface area contributed by atoms with Crippen LogP contribution in [0.1, 0.15) is 67.8 Å². The second kappa shape index (κ2) is 10.7. The summed E-state index contributed by atoms with van der Waals surface area (Å²) >= 11 is 0. The van der Waals surface area contributed by atoms with Crippen LogP contribution in [0.25, 0.3) is 5.82 Å². The number of nitrogens with zero attached hydrogens (tertiary/aromatic N) is 6. The van der Waals surface area contributed by atoms with Crippen molar-refractivity contribution in [3.8, 4) is 5.82 Å². The summed E-state index contributed by atoms with van der Waals surface area (Å²) in [5.74, 6) is 2.75. The molecule has 11 heteroatoms. The number of rotatable bonds is 7. The van der Waals surface area contributed by atoms with Crippen LogP contribution in [0, 0.1) is 31.5 Å². The van der Waals surface area contributed by atoms with Crippen LogP contribution in [0.4, 0.5) is 16.0 Å². The molecule has 0 aromatic carbocycles. The molecule has 4 aromatic heterocycles. The van der Waals surface area contributed by atoms with Gasteiger partial charge < -0.3 is 10.6 Å². The number of amides is 1. The molecular formula is C27H32FN9O. The van der Waals surface area contributed by atoms with E-state index in [1.54, 1.807) is 12.3 Å². The number of halogens is 1. The van der Waals surface area contributed by atoms with Gasteiger partial charge in [-0.1, -0.05) is 13.0 Å². The van der Waals surface area contributed by atoms with Gasteiger partial charge in [0.2, 0.25) is 5.91 Å². The second-order valence-corrected chi connectivity index (χ2v) is 10.2. The van der Waals surface area contributed by atoms with E-state index in [0.717, 1.165) is 54.1 Å². The van der Waals surface area contributed by atoms with Gasteiger partial charge in [0.05, 0.1) is 18.4 Å². The van der Waals surface area contributed by atoms with Crippen LogP contribution in [0.5, 0.6) is 0 Å². The number of aromatic nitrogens is 7. The fourth-order valence-electron chi connectivity index (χ4n) is 5.08. The van der Waals surface area contributed by atoms with Crippen molar-refractivity contribution in [2.45, 2.75) is 58.9 Å². The molecule has 4 heterocycles. The third-order valence-corrected chi connectivity index (χ3v) is 7.12. The summed E-state index contributed by atoms with van der Waals surface area (Å²) in [7, 11) is 0. The molecule has 38 heavy (non-hydrogen) atoms. The molecule has 10 nitrogen and oxygen atoms in total. The number of H-pyrrole nitrogens is 1. The van der Waals surface area contributed by atoms with Crippen molar-refractivity contribution in [3.63, 3.8) is 0 Å².